The fourth-order valence-corrected chi connectivity index (χ4v) is 1.58. The molecule has 1 heterocycles. The molecule has 0 fully saturated rings. The molecule has 2 aromatic rings. The first kappa shape index (κ1) is 13.0. The Balaban J connectivity index is 2.31. The molecule has 7 heteroatoms. The van der Waals surface area contributed by atoms with Crippen molar-refractivity contribution in [3.05, 3.63) is 53.1 Å². The highest BCUT2D eigenvalue weighted by Crippen LogP contribution is 2.21. The predicted molar refractivity (Wildman–Crippen MR) is 68.4 cm³/mol. The third kappa shape index (κ3) is 3.05. The summed E-state index contributed by atoms with van der Waals surface area (Å²) >= 11 is 5.78. The van der Waals surface area contributed by atoms with Crippen LogP contribution in [0.2, 0.25) is 5.02 Å². The molecule has 1 aromatic heterocycles. The summed E-state index contributed by atoms with van der Waals surface area (Å²) in [6.45, 7) is 0. The minimum atomic E-state index is -1.16. The molecule has 0 saturated carbocycles. The fraction of sp³-hybridized carbons (Fsp3) is 0. The number of carboxylic acids is 1. The zero-order chi connectivity index (χ0) is 13.8. The standard InChI is InChI=1S/C12H8ClN3O3/c13-7-1-2-8(12(18)19)9(5-7)16-11(17)10-6-14-3-4-15-10/h1-6H,(H,16,17)(H,18,19). The molecule has 6 nitrogen and oxygen atoms in total. The first-order valence-corrected chi connectivity index (χ1v) is 5.56. The van der Waals surface area contributed by atoms with E-state index in [1.165, 1.54) is 36.8 Å². The summed E-state index contributed by atoms with van der Waals surface area (Å²) in [6.07, 6.45) is 4.07. The van der Waals surface area contributed by atoms with Gasteiger partial charge < -0.3 is 10.4 Å². The Morgan fingerprint density at radius 1 is 1.26 bits per heavy atom. The van der Waals surface area contributed by atoms with Crippen LogP contribution in [0.15, 0.2) is 36.8 Å². The summed E-state index contributed by atoms with van der Waals surface area (Å²) in [5.41, 5.74) is 0.135. The van der Waals surface area contributed by atoms with Gasteiger partial charge in [0.1, 0.15) is 5.69 Å². The molecule has 0 spiro atoms. The Labute approximate surface area is 113 Å². The molecule has 2 rings (SSSR count). The second-order valence-corrected chi connectivity index (χ2v) is 3.98. The summed E-state index contributed by atoms with van der Waals surface area (Å²) in [5, 5.41) is 11.8. The van der Waals surface area contributed by atoms with Gasteiger partial charge in [0.25, 0.3) is 5.91 Å². The van der Waals surface area contributed by atoms with Crippen LogP contribution < -0.4 is 5.32 Å². The average Bonchev–Trinajstić information content (AvgIpc) is 2.39. The molecule has 0 aliphatic heterocycles. The van der Waals surface area contributed by atoms with E-state index in [1.807, 2.05) is 0 Å². The average molecular weight is 278 g/mol. The lowest BCUT2D eigenvalue weighted by Gasteiger charge is -2.08. The van der Waals surface area contributed by atoms with Crippen molar-refractivity contribution in [3.63, 3.8) is 0 Å². The SMILES string of the molecule is O=C(Nc1cc(Cl)ccc1C(=O)O)c1cnccn1. The number of carbonyl (C=O) groups excluding carboxylic acids is 1. The Kier molecular flexibility index (Phi) is 3.72. The molecule has 1 aromatic carbocycles. The van der Waals surface area contributed by atoms with Crippen LogP contribution in [0.3, 0.4) is 0 Å². The normalized spacial score (nSPS) is 9.95. The summed E-state index contributed by atoms with van der Waals surface area (Å²) < 4.78 is 0. The Morgan fingerprint density at radius 2 is 2.05 bits per heavy atom. The molecular weight excluding hydrogens is 270 g/mol. The lowest BCUT2D eigenvalue weighted by molar-refractivity contribution is 0.0698. The molecule has 96 valence electrons. The van der Waals surface area contributed by atoms with Gasteiger partial charge in [0.05, 0.1) is 17.4 Å². The van der Waals surface area contributed by atoms with Gasteiger partial charge in [0.2, 0.25) is 0 Å². The third-order valence-electron chi connectivity index (χ3n) is 2.26. The van der Waals surface area contributed by atoms with E-state index in [9.17, 15) is 9.59 Å². The van der Waals surface area contributed by atoms with Crippen molar-refractivity contribution in [1.29, 1.82) is 0 Å². The van der Waals surface area contributed by atoms with Crippen LogP contribution in [0.4, 0.5) is 5.69 Å². The number of hydrogen-bond acceptors (Lipinski definition) is 4. The maximum Gasteiger partial charge on any atom is 0.337 e. The van der Waals surface area contributed by atoms with Crippen LogP contribution in [-0.4, -0.2) is 27.0 Å². The number of benzene rings is 1. The van der Waals surface area contributed by atoms with Gasteiger partial charge in [0, 0.05) is 17.4 Å². The summed E-state index contributed by atoms with van der Waals surface area (Å²) in [4.78, 5) is 30.5. The largest absolute Gasteiger partial charge is 0.478 e. The zero-order valence-electron chi connectivity index (χ0n) is 9.50. The van der Waals surface area contributed by atoms with Gasteiger partial charge in [0.15, 0.2) is 0 Å². The molecule has 0 aliphatic carbocycles. The van der Waals surface area contributed by atoms with Crippen LogP contribution in [0.1, 0.15) is 20.8 Å². The molecule has 2 N–H and O–H groups in total. The fourth-order valence-electron chi connectivity index (χ4n) is 1.41. The minimum Gasteiger partial charge on any atom is -0.478 e. The van der Waals surface area contributed by atoms with Crippen molar-refractivity contribution in [1.82, 2.24) is 9.97 Å². The van der Waals surface area contributed by atoms with Gasteiger partial charge in [-0.25, -0.2) is 9.78 Å². The van der Waals surface area contributed by atoms with E-state index in [-0.39, 0.29) is 16.9 Å². The van der Waals surface area contributed by atoms with E-state index < -0.39 is 11.9 Å². The summed E-state index contributed by atoms with van der Waals surface area (Å²) in [7, 11) is 0. The van der Waals surface area contributed by atoms with E-state index >= 15 is 0 Å². The van der Waals surface area contributed by atoms with Gasteiger partial charge >= 0.3 is 5.97 Å². The molecule has 0 aliphatic rings. The van der Waals surface area contributed by atoms with E-state index in [1.54, 1.807) is 0 Å². The van der Waals surface area contributed by atoms with Crippen molar-refractivity contribution in [2.24, 2.45) is 0 Å². The minimum absolute atomic E-state index is 0.0540. The van der Waals surface area contributed by atoms with Gasteiger partial charge in [-0.1, -0.05) is 11.6 Å². The molecule has 19 heavy (non-hydrogen) atoms. The zero-order valence-corrected chi connectivity index (χ0v) is 10.3. The number of carbonyl (C=O) groups is 2. The number of rotatable bonds is 3. The number of halogens is 1. The van der Waals surface area contributed by atoms with Crippen molar-refractivity contribution in [3.8, 4) is 0 Å². The van der Waals surface area contributed by atoms with Crippen LogP contribution in [0, 0.1) is 0 Å². The molecule has 0 radical (unpaired) electrons. The third-order valence-corrected chi connectivity index (χ3v) is 2.49. The van der Waals surface area contributed by atoms with Crippen LogP contribution in [-0.2, 0) is 0 Å². The predicted octanol–water partition coefficient (Wildman–Crippen LogP) is 2.08. The molecule has 0 bridgehead atoms. The maximum atomic E-state index is 11.9. The Hall–Kier alpha value is -2.47. The monoisotopic (exact) mass is 277 g/mol. The number of hydrogen-bond donors (Lipinski definition) is 2. The topological polar surface area (TPSA) is 92.2 Å². The summed E-state index contributed by atoms with van der Waals surface area (Å²) in [6, 6.07) is 4.11. The van der Waals surface area contributed by atoms with Gasteiger partial charge in [-0.3, -0.25) is 9.78 Å². The Bertz CT molecular complexity index is 631. The highest BCUT2D eigenvalue weighted by molar-refractivity contribution is 6.31. The number of amides is 1. The van der Waals surface area contributed by atoms with Gasteiger partial charge in [-0.05, 0) is 18.2 Å². The van der Waals surface area contributed by atoms with E-state index in [0.717, 1.165) is 0 Å². The van der Waals surface area contributed by atoms with Crippen molar-refractivity contribution in [2.45, 2.75) is 0 Å². The van der Waals surface area contributed by atoms with Crippen LogP contribution >= 0.6 is 11.6 Å². The van der Waals surface area contributed by atoms with E-state index in [2.05, 4.69) is 15.3 Å². The number of carboxylic acid groups (broad SMARTS) is 1. The van der Waals surface area contributed by atoms with Crippen LogP contribution in [0.25, 0.3) is 0 Å². The maximum absolute atomic E-state index is 11.9. The number of aromatic carboxylic acids is 1. The molecule has 0 saturated heterocycles. The molecule has 0 unspecified atom stereocenters. The Morgan fingerprint density at radius 3 is 2.68 bits per heavy atom. The van der Waals surface area contributed by atoms with Crippen molar-refractivity contribution >= 4 is 29.2 Å². The number of nitrogens with zero attached hydrogens (tertiary/aromatic N) is 2. The lowest BCUT2D eigenvalue weighted by atomic mass is 10.1. The second kappa shape index (κ2) is 5.45. The van der Waals surface area contributed by atoms with Crippen molar-refractivity contribution < 1.29 is 14.7 Å². The number of nitrogens with one attached hydrogen (secondary N) is 1. The van der Waals surface area contributed by atoms with Crippen molar-refractivity contribution in [2.75, 3.05) is 5.32 Å². The molecule has 0 atom stereocenters. The van der Waals surface area contributed by atoms with E-state index in [0.29, 0.717) is 5.02 Å². The van der Waals surface area contributed by atoms with Crippen LogP contribution in [0.5, 0.6) is 0 Å². The highest BCUT2D eigenvalue weighted by Gasteiger charge is 2.14. The molecular formula is C12H8ClN3O3. The van der Waals surface area contributed by atoms with E-state index in [4.69, 9.17) is 16.7 Å². The number of aromatic nitrogens is 2. The highest BCUT2D eigenvalue weighted by atomic mass is 35.5. The first-order valence-electron chi connectivity index (χ1n) is 5.18. The quantitative estimate of drug-likeness (QED) is 0.896. The van der Waals surface area contributed by atoms with Gasteiger partial charge in [-0.15, -0.1) is 0 Å². The number of anilines is 1. The summed E-state index contributed by atoms with van der Waals surface area (Å²) in [5.74, 6) is -1.72. The lowest BCUT2D eigenvalue weighted by Crippen LogP contribution is -2.16. The smallest absolute Gasteiger partial charge is 0.337 e. The first-order chi connectivity index (χ1) is 9.08. The van der Waals surface area contributed by atoms with Gasteiger partial charge in [-0.2, -0.15) is 0 Å². The second-order valence-electron chi connectivity index (χ2n) is 3.54. The molecule has 1 amide bonds.